The van der Waals surface area contributed by atoms with E-state index in [1.165, 1.54) is 6.07 Å². The van der Waals surface area contributed by atoms with Crippen molar-refractivity contribution in [1.82, 2.24) is 0 Å². The molecule has 2 aromatic carbocycles. The Labute approximate surface area is 109 Å². The number of aldehydes is 1. The van der Waals surface area contributed by atoms with E-state index in [0.717, 1.165) is 0 Å². The van der Waals surface area contributed by atoms with Crippen LogP contribution in [-0.4, -0.2) is 12.3 Å². The summed E-state index contributed by atoms with van der Waals surface area (Å²) in [6.07, 6.45) is 0.693. The van der Waals surface area contributed by atoms with E-state index in [4.69, 9.17) is 11.6 Å². The number of hydrogen-bond acceptors (Lipinski definition) is 3. The number of hydrogen-bond donors (Lipinski definition) is 0. The van der Waals surface area contributed by atoms with Crippen LogP contribution in [0.2, 0.25) is 5.02 Å². The molecular weight excluding hydrogens is 252 g/mol. The predicted molar refractivity (Wildman–Crippen MR) is 66.6 cm³/mol. The molecule has 90 valence electrons. The fourth-order valence-corrected chi connectivity index (χ4v) is 2.04. The first-order valence-electron chi connectivity index (χ1n) is 5.19. The molecule has 18 heavy (non-hydrogen) atoms. The van der Waals surface area contributed by atoms with E-state index in [9.17, 15) is 14.7 Å². The molecule has 0 heterocycles. The second-order valence-corrected chi connectivity index (χ2v) is 4.10. The molecule has 0 unspecified atom stereocenters. The SMILES string of the molecule is O=Cc1cccc(-c2c(Cl)cccc2C(=O)[O-])c1. The Morgan fingerprint density at radius 1 is 1.17 bits per heavy atom. The highest BCUT2D eigenvalue weighted by atomic mass is 35.5. The summed E-state index contributed by atoms with van der Waals surface area (Å²) in [5, 5.41) is 11.4. The standard InChI is InChI=1S/C14H9ClO3/c15-12-6-2-5-11(14(17)18)13(12)10-4-1-3-9(7-10)8-16/h1-8H,(H,17,18)/p-1. The normalized spacial score (nSPS) is 10.1. The first-order chi connectivity index (χ1) is 8.63. The molecule has 0 aliphatic carbocycles. The molecule has 0 aliphatic heterocycles. The van der Waals surface area contributed by atoms with Gasteiger partial charge in [0.25, 0.3) is 0 Å². The van der Waals surface area contributed by atoms with Crippen molar-refractivity contribution >= 4 is 23.9 Å². The number of carbonyl (C=O) groups is 2. The van der Waals surface area contributed by atoms with Gasteiger partial charge in [0.05, 0.1) is 5.97 Å². The minimum Gasteiger partial charge on any atom is -0.545 e. The van der Waals surface area contributed by atoms with Crippen molar-refractivity contribution in [2.24, 2.45) is 0 Å². The molecule has 4 heteroatoms. The lowest BCUT2D eigenvalue weighted by Gasteiger charge is -2.12. The highest BCUT2D eigenvalue weighted by Crippen LogP contribution is 2.31. The summed E-state index contributed by atoms with van der Waals surface area (Å²) in [7, 11) is 0. The van der Waals surface area contributed by atoms with Crippen molar-refractivity contribution in [1.29, 1.82) is 0 Å². The van der Waals surface area contributed by atoms with Crippen LogP contribution in [0.25, 0.3) is 11.1 Å². The Balaban J connectivity index is 2.69. The van der Waals surface area contributed by atoms with Gasteiger partial charge in [-0.2, -0.15) is 0 Å². The van der Waals surface area contributed by atoms with Crippen LogP contribution in [0, 0.1) is 0 Å². The van der Waals surface area contributed by atoms with Gasteiger partial charge in [0, 0.05) is 21.7 Å². The number of halogens is 1. The molecule has 0 N–H and O–H groups in total. The molecule has 0 spiro atoms. The summed E-state index contributed by atoms with van der Waals surface area (Å²) in [5.41, 5.74) is 1.40. The first kappa shape index (κ1) is 12.3. The zero-order valence-electron chi connectivity index (χ0n) is 9.22. The monoisotopic (exact) mass is 259 g/mol. The van der Waals surface area contributed by atoms with E-state index in [2.05, 4.69) is 0 Å². The van der Waals surface area contributed by atoms with Crippen LogP contribution in [0.3, 0.4) is 0 Å². The second-order valence-electron chi connectivity index (χ2n) is 3.69. The third-order valence-electron chi connectivity index (χ3n) is 2.54. The largest absolute Gasteiger partial charge is 0.545 e. The van der Waals surface area contributed by atoms with Crippen LogP contribution in [0.15, 0.2) is 42.5 Å². The molecule has 3 nitrogen and oxygen atoms in total. The quantitative estimate of drug-likeness (QED) is 0.794. The fourth-order valence-electron chi connectivity index (χ4n) is 1.76. The average molecular weight is 260 g/mol. The number of carbonyl (C=O) groups excluding carboxylic acids is 2. The second kappa shape index (κ2) is 5.02. The zero-order chi connectivity index (χ0) is 13.1. The van der Waals surface area contributed by atoms with Gasteiger partial charge in [0.15, 0.2) is 0 Å². The smallest absolute Gasteiger partial charge is 0.150 e. The summed E-state index contributed by atoms with van der Waals surface area (Å²) in [6.45, 7) is 0. The van der Waals surface area contributed by atoms with Gasteiger partial charge < -0.3 is 9.90 Å². The molecule has 0 saturated heterocycles. The maximum Gasteiger partial charge on any atom is 0.150 e. The van der Waals surface area contributed by atoms with Crippen LogP contribution in [-0.2, 0) is 0 Å². The minimum absolute atomic E-state index is 0.00514. The third-order valence-corrected chi connectivity index (χ3v) is 2.86. The van der Waals surface area contributed by atoms with Crippen molar-refractivity contribution in [2.45, 2.75) is 0 Å². The Bertz CT molecular complexity index is 620. The van der Waals surface area contributed by atoms with Crippen LogP contribution in [0.1, 0.15) is 20.7 Å². The van der Waals surface area contributed by atoms with E-state index in [1.807, 2.05) is 0 Å². The van der Waals surface area contributed by atoms with Gasteiger partial charge in [-0.1, -0.05) is 41.9 Å². The molecule has 0 atom stereocenters. The van der Waals surface area contributed by atoms with Gasteiger partial charge in [-0.25, -0.2) is 0 Å². The Kier molecular flexibility index (Phi) is 3.44. The van der Waals surface area contributed by atoms with E-state index in [-0.39, 0.29) is 5.56 Å². The molecule has 0 bridgehead atoms. The number of carboxylic acids is 1. The topological polar surface area (TPSA) is 57.2 Å². The number of benzene rings is 2. The molecule has 0 aliphatic rings. The maximum absolute atomic E-state index is 11.1. The van der Waals surface area contributed by atoms with Crippen molar-refractivity contribution < 1.29 is 14.7 Å². The van der Waals surface area contributed by atoms with E-state index in [0.29, 0.717) is 28.0 Å². The van der Waals surface area contributed by atoms with Crippen molar-refractivity contribution in [2.75, 3.05) is 0 Å². The third kappa shape index (κ3) is 2.26. The van der Waals surface area contributed by atoms with Crippen LogP contribution < -0.4 is 5.11 Å². The van der Waals surface area contributed by atoms with Crippen LogP contribution in [0.5, 0.6) is 0 Å². The Morgan fingerprint density at radius 3 is 2.56 bits per heavy atom. The molecular formula is C14H8ClO3-. The highest BCUT2D eigenvalue weighted by Gasteiger charge is 2.10. The predicted octanol–water partition coefficient (Wildman–Crippen LogP) is 2.18. The maximum atomic E-state index is 11.1. The van der Waals surface area contributed by atoms with Gasteiger partial charge in [0.1, 0.15) is 6.29 Å². The Morgan fingerprint density at radius 2 is 1.89 bits per heavy atom. The summed E-state index contributed by atoms with van der Waals surface area (Å²) in [5.74, 6) is -1.30. The molecule has 0 saturated carbocycles. The van der Waals surface area contributed by atoms with Gasteiger partial charge in [-0.05, 0) is 17.7 Å². The van der Waals surface area contributed by atoms with Crippen LogP contribution in [0.4, 0.5) is 0 Å². The summed E-state index contributed by atoms with van der Waals surface area (Å²) in [4.78, 5) is 21.8. The molecule has 0 amide bonds. The molecule has 0 radical (unpaired) electrons. The summed E-state index contributed by atoms with van der Waals surface area (Å²) in [6, 6.07) is 11.1. The molecule has 0 aromatic heterocycles. The highest BCUT2D eigenvalue weighted by molar-refractivity contribution is 6.34. The van der Waals surface area contributed by atoms with E-state index < -0.39 is 5.97 Å². The van der Waals surface area contributed by atoms with Crippen molar-refractivity contribution in [3.8, 4) is 11.1 Å². The van der Waals surface area contributed by atoms with E-state index >= 15 is 0 Å². The van der Waals surface area contributed by atoms with E-state index in [1.54, 1.807) is 36.4 Å². The molecule has 2 rings (SSSR count). The number of aromatic carboxylic acids is 1. The van der Waals surface area contributed by atoms with Gasteiger partial charge in [0.2, 0.25) is 0 Å². The lowest BCUT2D eigenvalue weighted by Crippen LogP contribution is -2.23. The van der Waals surface area contributed by atoms with Crippen LogP contribution >= 0.6 is 11.6 Å². The van der Waals surface area contributed by atoms with Crippen molar-refractivity contribution in [3.63, 3.8) is 0 Å². The lowest BCUT2D eigenvalue weighted by molar-refractivity contribution is -0.254. The molecule has 2 aromatic rings. The minimum atomic E-state index is -1.30. The van der Waals surface area contributed by atoms with Gasteiger partial charge in [-0.3, -0.25) is 4.79 Å². The summed E-state index contributed by atoms with van der Waals surface area (Å²) >= 11 is 6.02. The first-order valence-corrected chi connectivity index (χ1v) is 5.56. The van der Waals surface area contributed by atoms with Gasteiger partial charge in [-0.15, -0.1) is 0 Å². The van der Waals surface area contributed by atoms with Crippen molar-refractivity contribution in [3.05, 3.63) is 58.6 Å². The lowest BCUT2D eigenvalue weighted by atomic mass is 9.98. The Hall–Kier alpha value is -2.13. The molecule has 0 fully saturated rings. The van der Waals surface area contributed by atoms with Gasteiger partial charge >= 0.3 is 0 Å². The fraction of sp³-hybridized carbons (Fsp3) is 0. The average Bonchev–Trinajstić information content (AvgIpc) is 2.38. The number of carboxylic acid groups (broad SMARTS) is 1. The summed E-state index contributed by atoms with van der Waals surface area (Å²) < 4.78 is 0. The zero-order valence-corrected chi connectivity index (χ0v) is 9.98. The number of rotatable bonds is 3.